The molecule has 0 aliphatic heterocycles. The molecule has 0 aromatic heterocycles. The van der Waals surface area contributed by atoms with Gasteiger partial charge in [0.25, 0.3) is 6.43 Å². The molecule has 24 heavy (non-hydrogen) atoms. The van der Waals surface area contributed by atoms with Crippen molar-refractivity contribution in [2.24, 2.45) is 0 Å². The fraction of sp³-hybridized carbons (Fsp3) is 0.867. The first-order chi connectivity index (χ1) is 11.0. The van der Waals surface area contributed by atoms with E-state index in [9.17, 15) is 23.5 Å². The second-order valence-corrected chi connectivity index (χ2v) is 10.9. The molecule has 0 aliphatic rings. The highest BCUT2D eigenvalue weighted by atomic mass is 28.4. The Morgan fingerprint density at radius 2 is 1.62 bits per heavy atom. The van der Waals surface area contributed by atoms with E-state index in [0.29, 0.717) is 18.1 Å². The van der Waals surface area contributed by atoms with Gasteiger partial charge in [-0.15, -0.1) is 0 Å². The average molecular weight is 369 g/mol. The van der Waals surface area contributed by atoms with E-state index >= 15 is 0 Å². The fourth-order valence-electron chi connectivity index (χ4n) is 2.47. The summed E-state index contributed by atoms with van der Waals surface area (Å²) in [6.45, 7) is 9.79. The first-order valence-corrected chi connectivity index (χ1v) is 10.7. The van der Waals surface area contributed by atoms with Gasteiger partial charge < -0.3 is 19.6 Å². The van der Waals surface area contributed by atoms with Crippen LogP contribution < -0.4 is 5.32 Å². The van der Waals surface area contributed by atoms with Crippen molar-refractivity contribution in [3.63, 3.8) is 0 Å². The molecule has 0 fully saturated rings. The van der Waals surface area contributed by atoms with Crippen molar-refractivity contribution in [3.8, 4) is 0 Å². The zero-order valence-electron chi connectivity index (χ0n) is 15.2. The van der Waals surface area contributed by atoms with E-state index in [2.05, 4.69) is 0 Å². The lowest BCUT2D eigenvalue weighted by Gasteiger charge is -2.41. The van der Waals surface area contributed by atoms with Crippen molar-refractivity contribution >= 4 is 20.4 Å². The molecule has 0 spiro atoms. The molecule has 0 aliphatic carbocycles. The molecular formula is C15H29F2NO5Si. The zero-order chi connectivity index (χ0) is 19.1. The van der Waals surface area contributed by atoms with Crippen molar-refractivity contribution in [1.29, 1.82) is 0 Å². The van der Waals surface area contributed by atoms with Crippen LogP contribution in [-0.2, 0) is 14.0 Å². The minimum atomic E-state index is -3.12. The number of halogens is 2. The van der Waals surface area contributed by atoms with Gasteiger partial charge in [-0.1, -0.05) is 20.8 Å². The topological polar surface area (TPSA) is 84.9 Å². The normalized spacial score (nSPS) is 15.9. The number of alkyl carbamates (subject to hydrolysis) is 1. The molecule has 0 unspecified atom stereocenters. The summed E-state index contributed by atoms with van der Waals surface area (Å²) in [5.41, 5.74) is -2.24. The van der Waals surface area contributed by atoms with Crippen LogP contribution in [0.25, 0.3) is 0 Å². The summed E-state index contributed by atoms with van der Waals surface area (Å²) in [4.78, 5) is 23.5. The predicted octanol–water partition coefficient (Wildman–Crippen LogP) is 3.62. The molecule has 2 atom stereocenters. The van der Waals surface area contributed by atoms with E-state index in [1.54, 1.807) is 13.8 Å². The van der Waals surface area contributed by atoms with Crippen LogP contribution in [-0.4, -0.2) is 49.7 Å². The van der Waals surface area contributed by atoms with Gasteiger partial charge in [-0.25, -0.2) is 18.4 Å². The lowest BCUT2D eigenvalue weighted by Crippen LogP contribution is -2.64. The number of carbonyl (C=O) groups is 2. The lowest BCUT2D eigenvalue weighted by atomic mass is 9.97. The van der Waals surface area contributed by atoms with Gasteiger partial charge in [0.05, 0.1) is 6.10 Å². The van der Waals surface area contributed by atoms with Gasteiger partial charge in [-0.2, -0.15) is 0 Å². The number of carboxylic acids is 1. The Morgan fingerprint density at radius 1 is 1.17 bits per heavy atom. The molecular weight excluding hydrogens is 340 g/mol. The average Bonchev–Trinajstić information content (AvgIpc) is 2.49. The van der Waals surface area contributed by atoms with E-state index in [-0.39, 0.29) is 0 Å². The second-order valence-electron chi connectivity index (χ2n) is 6.17. The van der Waals surface area contributed by atoms with Gasteiger partial charge in [0.15, 0.2) is 13.9 Å². The van der Waals surface area contributed by atoms with E-state index in [1.807, 2.05) is 26.1 Å². The van der Waals surface area contributed by atoms with Crippen LogP contribution in [0, 0.1) is 0 Å². The number of hydrogen-bond acceptors (Lipinski definition) is 4. The van der Waals surface area contributed by atoms with E-state index in [0.717, 1.165) is 6.92 Å². The standard InChI is InChI=1S/C15H29F2NO5Si/c1-7-24(8-2,9-3)23-15(6,13(19)20)11(12(16)17)18-14(21)22-10(4)5/h10-12H,7-9H2,1-6H3,(H,18,21)(H,19,20)/t11-,15+/m0/s1. The van der Waals surface area contributed by atoms with Gasteiger partial charge in [0.2, 0.25) is 0 Å². The number of carbonyl (C=O) groups excluding carboxylic acids is 1. The Labute approximate surface area is 143 Å². The Kier molecular flexibility index (Phi) is 8.84. The first-order valence-electron chi connectivity index (χ1n) is 8.16. The van der Waals surface area contributed by atoms with Crippen molar-refractivity contribution in [1.82, 2.24) is 5.32 Å². The number of ether oxygens (including phenoxy) is 1. The summed E-state index contributed by atoms with van der Waals surface area (Å²) in [6, 6.07) is -0.238. The first kappa shape index (κ1) is 22.8. The zero-order valence-corrected chi connectivity index (χ0v) is 16.2. The molecule has 0 aromatic carbocycles. The third-order valence-electron chi connectivity index (χ3n) is 4.25. The Morgan fingerprint density at radius 3 is 1.92 bits per heavy atom. The van der Waals surface area contributed by atoms with Crippen molar-refractivity contribution in [2.45, 2.75) is 83.8 Å². The molecule has 0 bridgehead atoms. The maximum absolute atomic E-state index is 13.5. The van der Waals surface area contributed by atoms with Gasteiger partial charge in [-0.05, 0) is 38.9 Å². The Balaban J connectivity index is 5.68. The summed E-state index contributed by atoms with van der Waals surface area (Å²) in [6.07, 6.45) is -4.73. The molecule has 1 amide bonds. The highest BCUT2D eigenvalue weighted by Crippen LogP contribution is 2.32. The molecule has 0 heterocycles. The SMILES string of the molecule is CC[Si](CC)(CC)O[C@@](C)(C(=O)O)[C@@H](NC(=O)OC(C)C)C(F)F. The maximum atomic E-state index is 13.5. The summed E-state index contributed by atoms with van der Waals surface area (Å²) in [7, 11) is -2.51. The Bertz CT molecular complexity index is 424. The molecule has 0 aromatic rings. The van der Waals surface area contributed by atoms with E-state index < -0.39 is 44.6 Å². The lowest BCUT2D eigenvalue weighted by molar-refractivity contribution is -0.162. The largest absolute Gasteiger partial charge is 0.479 e. The number of hydrogen-bond donors (Lipinski definition) is 2. The van der Waals surface area contributed by atoms with Crippen LogP contribution in [0.1, 0.15) is 41.5 Å². The van der Waals surface area contributed by atoms with Gasteiger partial charge >= 0.3 is 12.1 Å². The number of nitrogens with one attached hydrogen (secondary N) is 1. The number of rotatable bonds is 10. The molecule has 0 rings (SSSR count). The maximum Gasteiger partial charge on any atom is 0.407 e. The second kappa shape index (κ2) is 9.31. The molecule has 142 valence electrons. The van der Waals surface area contributed by atoms with Crippen LogP contribution >= 0.6 is 0 Å². The third kappa shape index (κ3) is 5.69. The highest BCUT2D eigenvalue weighted by Gasteiger charge is 2.52. The summed E-state index contributed by atoms with van der Waals surface area (Å²) in [5, 5.41) is 11.5. The summed E-state index contributed by atoms with van der Waals surface area (Å²) in [5.74, 6) is -1.54. The van der Waals surface area contributed by atoms with Crippen LogP contribution in [0.5, 0.6) is 0 Å². The van der Waals surface area contributed by atoms with Crippen molar-refractivity contribution in [2.75, 3.05) is 0 Å². The Hall–Kier alpha value is -1.22. The van der Waals surface area contributed by atoms with Crippen LogP contribution in [0.15, 0.2) is 0 Å². The van der Waals surface area contributed by atoms with Crippen LogP contribution in [0.4, 0.5) is 13.6 Å². The quantitative estimate of drug-likeness (QED) is 0.575. The molecule has 0 radical (unpaired) electrons. The minimum absolute atomic E-state index is 0.518. The molecule has 0 saturated heterocycles. The minimum Gasteiger partial charge on any atom is -0.479 e. The van der Waals surface area contributed by atoms with Crippen LogP contribution in [0.2, 0.25) is 18.1 Å². The van der Waals surface area contributed by atoms with Gasteiger partial charge in [-0.3, -0.25) is 0 Å². The highest BCUT2D eigenvalue weighted by molar-refractivity contribution is 6.73. The molecule has 9 heteroatoms. The predicted molar refractivity (Wildman–Crippen MR) is 88.9 cm³/mol. The van der Waals surface area contributed by atoms with E-state index in [1.165, 1.54) is 0 Å². The summed E-state index contributed by atoms with van der Waals surface area (Å²) < 4.78 is 37.7. The molecule has 0 saturated carbocycles. The van der Waals surface area contributed by atoms with E-state index in [4.69, 9.17) is 9.16 Å². The monoisotopic (exact) mass is 369 g/mol. The van der Waals surface area contributed by atoms with Gasteiger partial charge in [0, 0.05) is 0 Å². The number of carboxylic acid groups (broad SMARTS) is 1. The summed E-state index contributed by atoms with van der Waals surface area (Å²) >= 11 is 0. The molecule has 6 nitrogen and oxygen atoms in total. The van der Waals surface area contributed by atoms with Crippen LogP contribution in [0.3, 0.4) is 0 Å². The third-order valence-corrected chi connectivity index (χ3v) is 8.97. The molecule has 2 N–H and O–H groups in total. The fourth-order valence-corrected chi connectivity index (χ4v) is 5.52. The van der Waals surface area contributed by atoms with Crippen molar-refractivity contribution in [3.05, 3.63) is 0 Å². The number of aliphatic carboxylic acids is 1. The smallest absolute Gasteiger partial charge is 0.407 e. The number of amides is 1. The van der Waals surface area contributed by atoms with Crippen molar-refractivity contribution < 1.29 is 32.6 Å². The van der Waals surface area contributed by atoms with Gasteiger partial charge in [0.1, 0.15) is 6.04 Å². The number of alkyl halides is 2.